The molecule has 0 atom stereocenters. The summed E-state index contributed by atoms with van der Waals surface area (Å²) in [7, 11) is 0. The molecule has 0 aliphatic carbocycles. The van der Waals surface area contributed by atoms with Gasteiger partial charge in [0.1, 0.15) is 5.75 Å². The Hall–Kier alpha value is -2.35. The molecule has 2 heteroatoms. The summed E-state index contributed by atoms with van der Waals surface area (Å²) in [5.74, 6) is 0.217. The van der Waals surface area contributed by atoms with Crippen LogP contribution in [0.25, 0.3) is 0 Å². The number of ether oxygens (including phenoxy) is 1. The normalized spacial score (nSPS) is 9.78. The molecule has 0 saturated carbocycles. The lowest BCUT2D eigenvalue weighted by Gasteiger charge is -2.07. The Kier molecular flexibility index (Phi) is 3.92. The maximum Gasteiger partial charge on any atom is 0.343 e. The number of rotatable bonds is 4. The summed E-state index contributed by atoms with van der Waals surface area (Å²) >= 11 is 0. The molecule has 0 aliphatic rings. The third kappa shape index (κ3) is 2.86. The number of esters is 1. The smallest absolute Gasteiger partial charge is 0.343 e. The number of para-hydroxylation sites is 1. The molecule has 0 spiro atoms. The molecule has 18 heavy (non-hydrogen) atoms. The van der Waals surface area contributed by atoms with E-state index in [1.54, 1.807) is 24.3 Å². The second-order valence-electron chi connectivity index (χ2n) is 3.85. The van der Waals surface area contributed by atoms with Gasteiger partial charge in [-0.3, -0.25) is 0 Å². The van der Waals surface area contributed by atoms with Gasteiger partial charge in [-0.15, -0.1) is 6.58 Å². The lowest BCUT2D eigenvalue weighted by molar-refractivity contribution is 0.0734. The first-order valence-electron chi connectivity index (χ1n) is 5.77. The molecule has 0 saturated heterocycles. The van der Waals surface area contributed by atoms with E-state index in [1.165, 1.54) is 0 Å². The van der Waals surface area contributed by atoms with E-state index in [0.717, 1.165) is 5.56 Å². The van der Waals surface area contributed by atoms with Crippen LogP contribution in [0.4, 0.5) is 0 Å². The minimum atomic E-state index is -0.335. The Balaban J connectivity index is 2.21. The van der Waals surface area contributed by atoms with Crippen LogP contribution in [-0.4, -0.2) is 5.97 Å². The minimum absolute atomic E-state index is 0.335. The molecule has 2 nitrogen and oxygen atoms in total. The Morgan fingerprint density at radius 1 is 1.06 bits per heavy atom. The first kappa shape index (κ1) is 12.1. The van der Waals surface area contributed by atoms with Crippen molar-refractivity contribution in [3.05, 3.63) is 78.4 Å². The molecule has 0 unspecified atom stereocenters. The topological polar surface area (TPSA) is 26.3 Å². The highest BCUT2D eigenvalue weighted by Crippen LogP contribution is 2.15. The van der Waals surface area contributed by atoms with Gasteiger partial charge in [0.15, 0.2) is 0 Å². The van der Waals surface area contributed by atoms with E-state index in [2.05, 4.69) is 6.58 Å². The molecule has 2 aromatic rings. The van der Waals surface area contributed by atoms with E-state index in [1.807, 2.05) is 36.4 Å². The monoisotopic (exact) mass is 238 g/mol. The van der Waals surface area contributed by atoms with Gasteiger partial charge in [-0.25, -0.2) is 4.79 Å². The number of carbonyl (C=O) groups excluding carboxylic acids is 1. The highest BCUT2D eigenvalue weighted by atomic mass is 16.5. The van der Waals surface area contributed by atoms with Crippen LogP contribution >= 0.6 is 0 Å². The average molecular weight is 238 g/mol. The molecule has 2 rings (SSSR count). The molecule has 0 heterocycles. The van der Waals surface area contributed by atoms with Crippen LogP contribution in [-0.2, 0) is 6.42 Å². The van der Waals surface area contributed by atoms with Gasteiger partial charge < -0.3 is 4.74 Å². The van der Waals surface area contributed by atoms with E-state index in [-0.39, 0.29) is 5.97 Å². The number of carbonyl (C=O) groups is 1. The zero-order chi connectivity index (χ0) is 12.8. The first-order valence-corrected chi connectivity index (χ1v) is 5.77. The molecule has 0 amide bonds. The summed E-state index contributed by atoms with van der Waals surface area (Å²) in [6.07, 6.45) is 2.43. The maximum atomic E-state index is 12.1. The van der Waals surface area contributed by atoms with Crippen LogP contribution in [0.15, 0.2) is 67.3 Å². The largest absolute Gasteiger partial charge is 0.423 e. The molecule has 90 valence electrons. The van der Waals surface area contributed by atoms with Crippen LogP contribution < -0.4 is 4.74 Å². The number of benzene rings is 2. The third-order valence-electron chi connectivity index (χ3n) is 2.56. The second-order valence-corrected chi connectivity index (χ2v) is 3.85. The van der Waals surface area contributed by atoms with Crippen LogP contribution in [0, 0.1) is 0 Å². The predicted molar refractivity (Wildman–Crippen MR) is 71.7 cm³/mol. The van der Waals surface area contributed by atoms with Crippen molar-refractivity contribution < 1.29 is 9.53 Å². The highest BCUT2D eigenvalue weighted by molar-refractivity contribution is 5.92. The molecule has 0 radical (unpaired) electrons. The summed E-state index contributed by atoms with van der Waals surface area (Å²) in [5.41, 5.74) is 1.51. The first-order chi connectivity index (χ1) is 8.81. The van der Waals surface area contributed by atoms with Crippen LogP contribution in [0.1, 0.15) is 15.9 Å². The molecular formula is C16H14O2. The fourth-order valence-electron chi connectivity index (χ4n) is 1.70. The summed E-state index contributed by atoms with van der Waals surface area (Å²) in [4.78, 5) is 12.1. The highest BCUT2D eigenvalue weighted by Gasteiger charge is 2.11. The number of hydrogen-bond donors (Lipinski definition) is 0. The molecule has 0 N–H and O–H groups in total. The zero-order valence-electron chi connectivity index (χ0n) is 10.0. The number of hydrogen-bond acceptors (Lipinski definition) is 2. The van der Waals surface area contributed by atoms with Crippen LogP contribution in [0.5, 0.6) is 5.75 Å². The van der Waals surface area contributed by atoms with E-state index in [0.29, 0.717) is 17.7 Å². The second kappa shape index (κ2) is 5.82. The van der Waals surface area contributed by atoms with Crippen molar-refractivity contribution in [3.8, 4) is 5.75 Å². The Morgan fingerprint density at radius 3 is 2.44 bits per heavy atom. The fraction of sp³-hybridized carbons (Fsp3) is 0.0625. The van der Waals surface area contributed by atoms with Crippen molar-refractivity contribution in [2.24, 2.45) is 0 Å². The average Bonchev–Trinajstić information content (AvgIpc) is 2.41. The van der Waals surface area contributed by atoms with Gasteiger partial charge in [-0.2, -0.15) is 0 Å². The maximum absolute atomic E-state index is 12.1. The standard InChI is InChI=1S/C16H14O2/c1-2-8-13-9-6-7-12-15(13)16(17)18-14-10-4-3-5-11-14/h2-7,9-12H,1,8H2. The Morgan fingerprint density at radius 2 is 1.72 bits per heavy atom. The summed E-state index contributed by atoms with van der Waals surface area (Å²) < 4.78 is 5.31. The zero-order valence-corrected chi connectivity index (χ0v) is 10.0. The van der Waals surface area contributed by atoms with Crippen LogP contribution in [0.2, 0.25) is 0 Å². The van der Waals surface area contributed by atoms with Gasteiger partial charge in [0.25, 0.3) is 0 Å². The van der Waals surface area contributed by atoms with Crippen molar-refractivity contribution in [2.75, 3.05) is 0 Å². The van der Waals surface area contributed by atoms with Gasteiger partial charge in [0, 0.05) is 0 Å². The van der Waals surface area contributed by atoms with E-state index in [4.69, 9.17) is 4.74 Å². The lowest BCUT2D eigenvalue weighted by atomic mass is 10.0. The van der Waals surface area contributed by atoms with Crippen molar-refractivity contribution >= 4 is 5.97 Å². The van der Waals surface area contributed by atoms with Gasteiger partial charge >= 0.3 is 5.97 Å². The molecule has 0 aromatic heterocycles. The quantitative estimate of drug-likeness (QED) is 0.462. The van der Waals surface area contributed by atoms with Crippen molar-refractivity contribution in [1.82, 2.24) is 0 Å². The van der Waals surface area contributed by atoms with Gasteiger partial charge in [-0.05, 0) is 30.2 Å². The van der Waals surface area contributed by atoms with Gasteiger partial charge in [-0.1, -0.05) is 42.5 Å². The summed E-state index contributed by atoms with van der Waals surface area (Å²) in [6.45, 7) is 3.69. The van der Waals surface area contributed by atoms with Crippen molar-refractivity contribution in [1.29, 1.82) is 0 Å². The van der Waals surface area contributed by atoms with Gasteiger partial charge in [0.05, 0.1) is 5.56 Å². The van der Waals surface area contributed by atoms with E-state index < -0.39 is 0 Å². The SMILES string of the molecule is C=CCc1ccccc1C(=O)Oc1ccccc1. The molecular weight excluding hydrogens is 224 g/mol. The predicted octanol–water partition coefficient (Wildman–Crippen LogP) is 3.63. The van der Waals surface area contributed by atoms with Crippen molar-refractivity contribution in [3.63, 3.8) is 0 Å². The van der Waals surface area contributed by atoms with E-state index in [9.17, 15) is 4.79 Å². The molecule has 2 aromatic carbocycles. The van der Waals surface area contributed by atoms with Crippen molar-refractivity contribution in [2.45, 2.75) is 6.42 Å². The molecule has 0 aliphatic heterocycles. The molecule has 0 bridgehead atoms. The number of allylic oxidation sites excluding steroid dienone is 1. The lowest BCUT2D eigenvalue weighted by Crippen LogP contribution is -2.11. The van der Waals surface area contributed by atoms with Gasteiger partial charge in [0.2, 0.25) is 0 Å². The summed E-state index contributed by atoms with van der Waals surface area (Å²) in [5, 5.41) is 0. The summed E-state index contributed by atoms with van der Waals surface area (Å²) in [6, 6.07) is 16.5. The fourth-order valence-corrected chi connectivity index (χ4v) is 1.70. The Bertz CT molecular complexity index is 544. The minimum Gasteiger partial charge on any atom is -0.423 e. The molecule has 0 fully saturated rings. The third-order valence-corrected chi connectivity index (χ3v) is 2.56. The van der Waals surface area contributed by atoms with E-state index >= 15 is 0 Å². The Labute approximate surface area is 107 Å². The van der Waals surface area contributed by atoms with Crippen LogP contribution in [0.3, 0.4) is 0 Å².